The molecule has 0 saturated carbocycles. The average molecular weight is 335 g/mol. The summed E-state index contributed by atoms with van der Waals surface area (Å²) in [4.78, 5) is 23.2. The van der Waals surface area contributed by atoms with E-state index >= 15 is 0 Å². The van der Waals surface area contributed by atoms with E-state index in [0.717, 1.165) is 11.3 Å². The quantitative estimate of drug-likeness (QED) is 0.885. The summed E-state index contributed by atoms with van der Waals surface area (Å²) >= 11 is 3.15. The maximum absolute atomic E-state index is 12.0. The van der Waals surface area contributed by atoms with Crippen LogP contribution in [0.2, 0.25) is 0 Å². The zero-order valence-electron chi connectivity index (χ0n) is 10.4. The number of aryl methyl sites for hydroxylation is 1. The summed E-state index contributed by atoms with van der Waals surface area (Å²) in [5, 5.41) is 5.57. The van der Waals surface area contributed by atoms with E-state index in [1.54, 1.807) is 24.3 Å². The highest BCUT2D eigenvalue weighted by atomic mass is 79.9. The van der Waals surface area contributed by atoms with Crippen LogP contribution in [-0.4, -0.2) is 11.8 Å². The van der Waals surface area contributed by atoms with E-state index in [0.29, 0.717) is 23.2 Å². The standard InChI is InChI=1S/C14H11BrN2O3/c15-12-5-4-11(20-12)14(19)16-9-2-3-10-8(7-9)1-6-13(18)17-10/h2-5,7H,1,6H2,(H,16,19)(H,17,18). The predicted molar refractivity (Wildman–Crippen MR) is 77.8 cm³/mol. The van der Waals surface area contributed by atoms with Gasteiger partial charge in [0.05, 0.1) is 0 Å². The molecule has 0 saturated heterocycles. The van der Waals surface area contributed by atoms with Crippen LogP contribution in [0, 0.1) is 0 Å². The average Bonchev–Trinajstić information content (AvgIpc) is 2.86. The van der Waals surface area contributed by atoms with Crippen LogP contribution in [0.1, 0.15) is 22.5 Å². The van der Waals surface area contributed by atoms with Crippen LogP contribution in [0.25, 0.3) is 0 Å². The highest BCUT2D eigenvalue weighted by molar-refractivity contribution is 9.10. The predicted octanol–water partition coefficient (Wildman–Crippen LogP) is 3.18. The number of hydrogen-bond donors (Lipinski definition) is 2. The molecule has 1 aromatic carbocycles. The summed E-state index contributed by atoms with van der Waals surface area (Å²) in [6.45, 7) is 0. The molecule has 2 N–H and O–H groups in total. The van der Waals surface area contributed by atoms with Gasteiger partial charge in [-0.2, -0.15) is 0 Å². The Morgan fingerprint density at radius 2 is 2.10 bits per heavy atom. The van der Waals surface area contributed by atoms with Gasteiger partial charge in [-0.15, -0.1) is 0 Å². The fraction of sp³-hybridized carbons (Fsp3) is 0.143. The summed E-state index contributed by atoms with van der Waals surface area (Å²) in [7, 11) is 0. The second kappa shape index (κ2) is 5.13. The van der Waals surface area contributed by atoms with Crippen LogP contribution in [0.15, 0.2) is 39.4 Å². The molecule has 3 rings (SSSR count). The molecule has 102 valence electrons. The number of halogens is 1. The Morgan fingerprint density at radius 1 is 1.25 bits per heavy atom. The molecular formula is C14H11BrN2O3. The van der Waals surface area contributed by atoms with E-state index in [4.69, 9.17) is 4.42 Å². The fourth-order valence-electron chi connectivity index (χ4n) is 2.09. The van der Waals surface area contributed by atoms with E-state index in [1.165, 1.54) is 0 Å². The van der Waals surface area contributed by atoms with Crippen LogP contribution in [0.3, 0.4) is 0 Å². The summed E-state index contributed by atoms with van der Waals surface area (Å²) in [6.07, 6.45) is 1.15. The first-order chi connectivity index (χ1) is 9.61. The first-order valence-electron chi connectivity index (χ1n) is 6.11. The fourth-order valence-corrected chi connectivity index (χ4v) is 2.40. The van der Waals surface area contributed by atoms with Crippen molar-refractivity contribution in [3.05, 3.63) is 46.3 Å². The van der Waals surface area contributed by atoms with Crippen molar-refractivity contribution >= 4 is 39.1 Å². The van der Waals surface area contributed by atoms with Crippen molar-refractivity contribution in [2.75, 3.05) is 10.6 Å². The highest BCUT2D eigenvalue weighted by Gasteiger charge is 2.16. The molecule has 0 radical (unpaired) electrons. The Hall–Kier alpha value is -2.08. The maximum Gasteiger partial charge on any atom is 0.291 e. The van der Waals surface area contributed by atoms with E-state index in [1.807, 2.05) is 6.07 Å². The molecule has 5 nitrogen and oxygen atoms in total. The number of amides is 2. The van der Waals surface area contributed by atoms with E-state index in [2.05, 4.69) is 26.6 Å². The lowest BCUT2D eigenvalue weighted by Gasteiger charge is -2.17. The molecule has 6 heteroatoms. The van der Waals surface area contributed by atoms with Gasteiger partial charge in [-0.1, -0.05) is 0 Å². The second-order valence-electron chi connectivity index (χ2n) is 4.48. The van der Waals surface area contributed by atoms with Gasteiger partial charge in [-0.3, -0.25) is 9.59 Å². The topological polar surface area (TPSA) is 71.3 Å². The van der Waals surface area contributed by atoms with Crippen molar-refractivity contribution in [1.82, 2.24) is 0 Å². The molecular weight excluding hydrogens is 324 g/mol. The third-order valence-corrected chi connectivity index (χ3v) is 3.48. The number of benzene rings is 1. The summed E-state index contributed by atoms with van der Waals surface area (Å²) in [6, 6.07) is 8.67. The van der Waals surface area contributed by atoms with Crippen molar-refractivity contribution in [2.45, 2.75) is 12.8 Å². The van der Waals surface area contributed by atoms with E-state index < -0.39 is 0 Å². The minimum Gasteiger partial charge on any atom is -0.444 e. The summed E-state index contributed by atoms with van der Waals surface area (Å²) in [5.74, 6) is -0.0480. The van der Waals surface area contributed by atoms with Crippen LogP contribution < -0.4 is 10.6 Å². The number of fused-ring (bicyclic) bond motifs is 1. The van der Waals surface area contributed by atoms with Gasteiger partial charge in [0.15, 0.2) is 10.4 Å². The van der Waals surface area contributed by atoms with Gasteiger partial charge in [0.25, 0.3) is 5.91 Å². The molecule has 0 bridgehead atoms. The molecule has 2 aromatic rings. The number of nitrogens with one attached hydrogen (secondary N) is 2. The molecule has 0 unspecified atom stereocenters. The Labute approximate surface area is 123 Å². The Balaban J connectivity index is 1.78. The van der Waals surface area contributed by atoms with Crippen molar-refractivity contribution < 1.29 is 14.0 Å². The maximum atomic E-state index is 12.0. The van der Waals surface area contributed by atoms with Crippen LogP contribution in [0.5, 0.6) is 0 Å². The van der Waals surface area contributed by atoms with Crippen molar-refractivity contribution in [3.8, 4) is 0 Å². The molecule has 20 heavy (non-hydrogen) atoms. The van der Waals surface area contributed by atoms with Gasteiger partial charge in [-0.25, -0.2) is 0 Å². The van der Waals surface area contributed by atoms with Gasteiger partial charge in [0.2, 0.25) is 5.91 Å². The van der Waals surface area contributed by atoms with Gasteiger partial charge >= 0.3 is 0 Å². The first kappa shape index (κ1) is 12.9. The lowest BCUT2D eigenvalue weighted by molar-refractivity contribution is -0.116. The van der Waals surface area contributed by atoms with Crippen molar-refractivity contribution in [2.24, 2.45) is 0 Å². The number of carbonyl (C=O) groups excluding carboxylic acids is 2. The largest absolute Gasteiger partial charge is 0.444 e. The minimum atomic E-state index is -0.310. The number of carbonyl (C=O) groups is 2. The highest BCUT2D eigenvalue weighted by Crippen LogP contribution is 2.26. The summed E-state index contributed by atoms with van der Waals surface area (Å²) in [5.41, 5.74) is 2.50. The smallest absolute Gasteiger partial charge is 0.291 e. The van der Waals surface area contributed by atoms with Crippen molar-refractivity contribution in [3.63, 3.8) is 0 Å². The van der Waals surface area contributed by atoms with Gasteiger partial charge < -0.3 is 15.1 Å². The van der Waals surface area contributed by atoms with Gasteiger partial charge in [0, 0.05) is 17.8 Å². The number of furan rings is 1. The van der Waals surface area contributed by atoms with Crippen LogP contribution in [0.4, 0.5) is 11.4 Å². The molecule has 1 aromatic heterocycles. The molecule has 1 aliphatic rings. The lowest BCUT2D eigenvalue weighted by atomic mass is 10.0. The monoisotopic (exact) mass is 334 g/mol. The van der Waals surface area contributed by atoms with Gasteiger partial charge in [-0.05, 0) is 58.2 Å². The van der Waals surface area contributed by atoms with Crippen LogP contribution in [-0.2, 0) is 11.2 Å². The Kier molecular flexibility index (Phi) is 3.31. The summed E-state index contributed by atoms with van der Waals surface area (Å²) < 4.78 is 5.70. The molecule has 0 atom stereocenters. The van der Waals surface area contributed by atoms with Crippen molar-refractivity contribution in [1.29, 1.82) is 0 Å². The number of hydrogen-bond acceptors (Lipinski definition) is 3. The van der Waals surface area contributed by atoms with Gasteiger partial charge in [0.1, 0.15) is 0 Å². The van der Waals surface area contributed by atoms with Crippen LogP contribution >= 0.6 is 15.9 Å². The lowest BCUT2D eigenvalue weighted by Crippen LogP contribution is -2.19. The molecule has 0 fully saturated rings. The molecule has 0 aliphatic carbocycles. The van der Waals surface area contributed by atoms with E-state index in [-0.39, 0.29) is 17.6 Å². The molecule has 1 aliphatic heterocycles. The Bertz CT molecular complexity index is 693. The third kappa shape index (κ3) is 2.60. The molecule has 2 amide bonds. The molecule has 0 spiro atoms. The minimum absolute atomic E-state index is 0.0229. The number of anilines is 2. The third-order valence-electron chi connectivity index (χ3n) is 3.06. The first-order valence-corrected chi connectivity index (χ1v) is 6.90. The zero-order chi connectivity index (χ0) is 14.1. The zero-order valence-corrected chi connectivity index (χ0v) is 12.0. The number of rotatable bonds is 2. The molecule has 2 heterocycles. The second-order valence-corrected chi connectivity index (χ2v) is 5.26. The van der Waals surface area contributed by atoms with E-state index in [9.17, 15) is 9.59 Å². The Morgan fingerprint density at radius 3 is 2.85 bits per heavy atom. The normalized spacial score (nSPS) is 13.6. The SMILES string of the molecule is O=C1CCc2cc(NC(=O)c3ccc(Br)o3)ccc2N1.